The van der Waals surface area contributed by atoms with Crippen LogP contribution in [-0.4, -0.2) is 33.9 Å². The van der Waals surface area contributed by atoms with Crippen molar-refractivity contribution in [3.8, 4) is 0 Å². The maximum Gasteiger partial charge on any atom is 0.257 e. The summed E-state index contributed by atoms with van der Waals surface area (Å²) in [6.45, 7) is 0. The van der Waals surface area contributed by atoms with Gasteiger partial charge in [0.15, 0.2) is 5.11 Å². The Labute approximate surface area is 181 Å². The lowest BCUT2D eigenvalue weighted by Crippen LogP contribution is -2.46. The van der Waals surface area contributed by atoms with E-state index >= 15 is 0 Å². The Morgan fingerprint density at radius 3 is 2.68 bits per heavy atom. The van der Waals surface area contributed by atoms with Crippen molar-refractivity contribution < 1.29 is 9.53 Å². The van der Waals surface area contributed by atoms with Crippen molar-refractivity contribution in [2.24, 2.45) is 5.92 Å². The van der Waals surface area contributed by atoms with Gasteiger partial charge in [-0.2, -0.15) is 0 Å². The number of benzene rings is 1. The maximum absolute atomic E-state index is 12.3. The largest absolute Gasteiger partial charge is 0.363 e. The monoisotopic (exact) mass is 438 g/mol. The third kappa shape index (κ3) is 5.02. The number of carbonyl (C=O) groups is 1. The Hall–Kier alpha value is -0.820. The molecule has 0 bridgehead atoms. The minimum Gasteiger partial charge on any atom is -0.363 e. The molecule has 2 N–H and O–H groups in total. The van der Waals surface area contributed by atoms with Gasteiger partial charge < -0.3 is 10.1 Å². The molecule has 0 spiro atoms. The topological polar surface area (TPSA) is 50.4 Å². The first kappa shape index (κ1) is 20.5. The normalized spacial score (nSPS) is 32.4. The van der Waals surface area contributed by atoms with Crippen LogP contribution < -0.4 is 10.6 Å². The summed E-state index contributed by atoms with van der Waals surface area (Å²) in [5.74, 6) is 0.358. The lowest BCUT2D eigenvalue weighted by atomic mass is 9.86. The molecule has 4 rings (SSSR count). The van der Waals surface area contributed by atoms with Gasteiger partial charge in [-0.25, -0.2) is 0 Å². The minimum atomic E-state index is -0.208. The van der Waals surface area contributed by atoms with Gasteiger partial charge in [0.1, 0.15) is 5.44 Å². The summed E-state index contributed by atoms with van der Waals surface area (Å²) in [5.41, 5.74) is 0.878. The van der Waals surface area contributed by atoms with Crippen molar-refractivity contribution in [1.29, 1.82) is 0 Å². The highest BCUT2D eigenvalue weighted by Crippen LogP contribution is 2.46. The molecule has 3 fully saturated rings. The van der Waals surface area contributed by atoms with Gasteiger partial charge in [-0.3, -0.25) is 10.1 Å². The molecule has 5 atom stereocenters. The molecule has 4 nitrogen and oxygen atoms in total. The molecule has 0 aromatic heterocycles. The average molecular weight is 439 g/mol. The van der Waals surface area contributed by atoms with E-state index in [1.165, 1.54) is 38.5 Å². The molecule has 1 aromatic rings. The molecule has 1 heterocycles. The zero-order valence-corrected chi connectivity index (χ0v) is 18.3. The van der Waals surface area contributed by atoms with Gasteiger partial charge >= 0.3 is 0 Å². The van der Waals surface area contributed by atoms with Crippen molar-refractivity contribution in [1.82, 2.24) is 10.6 Å². The molecule has 1 aliphatic heterocycles. The van der Waals surface area contributed by atoms with Gasteiger partial charge in [0, 0.05) is 21.9 Å². The number of amides is 1. The van der Waals surface area contributed by atoms with E-state index in [0.29, 0.717) is 44.4 Å². The van der Waals surface area contributed by atoms with Crippen molar-refractivity contribution in [3.05, 3.63) is 34.9 Å². The number of hydrogen-bond acceptors (Lipinski definition) is 4. The zero-order chi connectivity index (χ0) is 19.5. The first-order valence-corrected chi connectivity index (χ1v) is 12.0. The highest BCUT2D eigenvalue weighted by Gasteiger charge is 2.41. The molecule has 2 aliphatic carbocycles. The van der Waals surface area contributed by atoms with E-state index in [4.69, 9.17) is 28.6 Å². The average Bonchev–Trinajstić information content (AvgIpc) is 3.13. The number of hydrogen-bond donors (Lipinski definition) is 2. The van der Waals surface area contributed by atoms with Crippen LogP contribution in [0.3, 0.4) is 0 Å². The summed E-state index contributed by atoms with van der Waals surface area (Å²) in [5, 5.41) is 7.86. The molecular weight excluding hydrogens is 412 g/mol. The van der Waals surface area contributed by atoms with Gasteiger partial charge in [0.05, 0.1) is 6.10 Å². The van der Waals surface area contributed by atoms with Crippen LogP contribution in [0.25, 0.3) is 0 Å². The molecule has 0 radical (unpaired) electrons. The van der Waals surface area contributed by atoms with Crippen molar-refractivity contribution in [3.63, 3.8) is 0 Å². The predicted octanol–water partition coefficient (Wildman–Crippen LogP) is 4.90. The van der Waals surface area contributed by atoms with Crippen molar-refractivity contribution in [2.45, 2.75) is 74.2 Å². The number of carbonyl (C=O) groups excluding carboxylic acids is 1. The molecule has 1 saturated heterocycles. The summed E-state index contributed by atoms with van der Waals surface area (Å²) >= 11 is 13.3. The molecule has 7 heteroatoms. The summed E-state index contributed by atoms with van der Waals surface area (Å²) in [6, 6.07) is 7.10. The molecule has 5 unspecified atom stereocenters. The van der Waals surface area contributed by atoms with Gasteiger partial charge in [0.2, 0.25) is 0 Å². The highest BCUT2D eigenvalue weighted by atomic mass is 35.5. The van der Waals surface area contributed by atoms with Crippen LogP contribution >= 0.6 is 35.6 Å². The first-order valence-electron chi connectivity index (χ1n) is 10.3. The van der Waals surface area contributed by atoms with E-state index in [-0.39, 0.29) is 5.91 Å². The van der Waals surface area contributed by atoms with E-state index in [2.05, 4.69) is 22.4 Å². The SMILES string of the molecule is O=C(NC(=S)NC1CCCC(C2OC3CCCCC3S2)C1)c1ccc(Cl)cc1. The second-order valence-electron chi connectivity index (χ2n) is 8.06. The van der Waals surface area contributed by atoms with Crippen LogP contribution in [0.2, 0.25) is 5.02 Å². The van der Waals surface area contributed by atoms with Crippen LogP contribution in [0.4, 0.5) is 0 Å². The summed E-state index contributed by atoms with van der Waals surface area (Å²) in [4.78, 5) is 12.3. The summed E-state index contributed by atoms with van der Waals surface area (Å²) in [6.07, 6.45) is 10.2. The fraction of sp³-hybridized carbons (Fsp3) is 0.619. The number of rotatable bonds is 3. The lowest BCUT2D eigenvalue weighted by molar-refractivity contribution is 0.00163. The maximum atomic E-state index is 12.3. The molecule has 2 saturated carbocycles. The first-order chi connectivity index (χ1) is 13.6. The van der Waals surface area contributed by atoms with E-state index in [9.17, 15) is 4.79 Å². The van der Waals surface area contributed by atoms with Crippen molar-refractivity contribution >= 4 is 46.6 Å². The van der Waals surface area contributed by atoms with Gasteiger partial charge in [-0.05, 0) is 74.5 Å². The van der Waals surface area contributed by atoms with Crippen LogP contribution in [-0.2, 0) is 4.74 Å². The summed E-state index contributed by atoms with van der Waals surface area (Å²) in [7, 11) is 0. The third-order valence-electron chi connectivity index (χ3n) is 6.03. The van der Waals surface area contributed by atoms with Crippen LogP contribution in [0.5, 0.6) is 0 Å². The van der Waals surface area contributed by atoms with E-state index in [1.54, 1.807) is 24.3 Å². The quantitative estimate of drug-likeness (QED) is 0.657. The molecule has 28 heavy (non-hydrogen) atoms. The lowest BCUT2D eigenvalue weighted by Gasteiger charge is -2.33. The number of thiocarbonyl (C=S) groups is 1. The number of nitrogens with one attached hydrogen (secondary N) is 2. The Morgan fingerprint density at radius 2 is 1.89 bits per heavy atom. The number of halogens is 1. The fourth-order valence-electron chi connectivity index (χ4n) is 4.58. The second-order valence-corrected chi connectivity index (χ2v) is 10.2. The van der Waals surface area contributed by atoms with Crippen LogP contribution in [0, 0.1) is 5.92 Å². The Morgan fingerprint density at radius 1 is 1.11 bits per heavy atom. The molecule has 3 aliphatic rings. The van der Waals surface area contributed by atoms with E-state index < -0.39 is 0 Å². The zero-order valence-electron chi connectivity index (χ0n) is 15.9. The van der Waals surface area contributed by atoms with Gasteiger partial charge in [-0.15, -0.1) is 11.8 Å². The molecule has 1 aromatic carbocycles. The van der Waals surface area contributed by atoms with E-state index in [1.807, 2.05) is 0 Å². The smallest absolute Gasteiger partial charge is 0.257 e. The predicted molar refractivity (Wildman–Crippen MR) is 119 cm³/mol. The fourth-order valence-corrected chi connectivity index (χ4v) is 6.66. The van der Waals surface area contributed by atoms with Gasteiger partial charge in [-0.1, -0.05) is 30.9 Å². The Kier molecular flexibility index (Phi) is 6.81. The van der Waals surface area contributed by atoms with E-state index in [0.717, 1.165) is 12.8 Å². The van der Waals surface area contributed by atoms with Crippen molar-refractivity contribution in [2.75, 3.05) is 0 Å². The molecule has 152 valence electrons. The number of fused-ring (bicyclic) bond motifs is 1. The molecular formula is C21H27ClN2O2S2. The summed E-state index contributed by atoms with van der Waals surface area (Å²) < 4.78 is 6.41. The second kappa shape index (κ2) is 9.33. The third-order valence-corrected chi connectivity index (χ3v) is 8.15. The Bertz CT molecular complexity index is 701. The van der Waals surface area contributed by atoms with Gasteiger partial charge in [0.25, 0.3) is 5.91 Å². The van der Waals surface area contributed by atoms with Crippen LogP contribution in [0.15, 0.2) is 24.3 Å². The Balaban J connectivity index is 1.27. The minimum absolute atomic E-state index is 0.208. The standard InChI is InChI=1S/C21H27ClN2O2S2/c22-15-10-8-13(9-11-15)19(25)24-21(27)23-16-5-3-4-14(12-16)20-26-17-6-1-2-7-18(17)28-20/h8-11,14,16-18,20H,1-7,12H2,(H2,23,24,25,27). The number of thioether (sulfide) groups is 1. The number of ether oxygens (including phenoxy) is 1. The highest BCUT2D eigenvalue weighted by molar-refractivity contribution is 8.00. The molecule has 1 amide bonds. The van der Waals surface area contributed by atoms with Crippen LogP contribution in [0.1, 0.15) is 61.7 Å².